The molecule has 2 aliphatic rings. The first-order chi connectivity index (χ1) is 8.16. The number of nitrogens with one attached hydrogen (secondary N) is 1. The van der Waals surface area contributed by atoms with Crippen LogP contribution in [0.15, 0.2) is 0 Å². The van der Waals surface area contributed by atoms with Crippen LogP contribution >= 0.6 is 0 Å². The van der Waals surface area contributed by atoms with E-state index >= 15 is 0 Å². The van der Waals surface area contributed by atoms with Crippen LogP contribution in [0.1, 0.15) is 52.4 Å². The Balaban J connectivity index is 1.85. The molecule has 1 heterocycles. The Morgan fingerprint density at radius 1 is 1.24 bits per heavy atom. The van der Waals surface area contributed by atoms with E-state index in [2.05, 4.69) is 24.1 Å². The molecule has 1 aliphatic carbocycles. The molecule has 2 fully saturated rings. The van der Waals surface area contributed by atoms with E-state index in [0.717, 1.165) is 19.5 Å². The zero-order valence-electron chi connectivity index (χ0n) is 11.2. The summed E-state index contributed by atoms with van der Waals surface area (Å²) in [4.78, 5) is 14.4. The summed E-state index contributed by atoms with van der Waals surface area (Å²) in [7, 11) is 0. The van der Waals surface area contributed by atoms with Gasteiger partial charge in [-0.25, -0.2) is 0 Å². The van der Waals surface area contributed by atoms with Gasteiger partial charge in [0.2, 0.25) is 5.91 Å². The fraction of sp³-hybridized carbons (Fsp3) is 0.929. The molecule has 2 unspecified atom stereocenters. The van der Waals surface area contributed by atoms with Crippen LogP contribution in [0, 0.1) is 5.92 Å². The summed E-state index contributed by atoms with van der Waals surface area (Å²) in [5.74, 6) is 1.05. The van der Waals surface area contributed by atoms with Crippen molar-refractivity contribution in [1.82, 2.24) is 10.2 Å². The van der Waals surface area contributed by atoms with E-state index in [0.29, 0.717) is 23.9 Å². The highest BCUT2D eigenvalue weighted by Gasteiger charge is 2.28. The zero-order valence-corrected chi connectivity index (χ0v) is 11.2. The van der Waals surface area contributed by atoms with Crippen LogP contribution in [0.3, 0.4) is 0 Å². The van der Waals surface area contributed by atoms with Crippen molar-refractivity contribution in [3.63, 3.8) is 0 Å². The zero-order chi connectivity index (χ0) is 12.3. The Bertz CT molecular complexity index is 261. The predicted molar refractivity (Wildman–Crippen MR) is 69.8 cm³/mol. The summed E-state index contributed by atoms with van der Waals surface area (Å²) in [5, 5.41) is 3.43. The lowest BCUT2D eigenvalue weighted by Gasteiger charge is -2.38. The van der Waals surface area contributed by atoms with Crippen LogP contribution in [-0.2, 0) is 4.79 Å². The quantitative estimate of drug-likeness (QED) is 0.799. The third-order valence-electron chi connectivity index (χ3n) is 4.27. The molecule has 1 saturated heterocycles. The lowest BCUT2D eigenvalue weighted by Crippen LogP contribution is -2.56. The fourth-order valence-electron chi connectivity index (χ4n) is 3.12. The van der Waals surface area contributed by atoms with E-state index in [4.69, 9.17) is 0 Å². The third kappa shape index (κ3) is 3.44. The monoisotopic (exact) mass is 238 g/mol. The van der Waals surface area contributed by atoms with E-state index in [1.54, 1.807) is 0 Å². The van der Waals surface area contributed by atoms with Crippen molar-refractivity contribution in [1.29, 1.82) is 0 Å². The molecule has 0 aromatic rings. The Kier molecular flexibility index (Phi) is 4.43. The van der Waals surface area contributed by atoms with E-state index in [1.165, 1.54) is 32.1 Å². The van der Waals surface area contributed by atoms with Crippen LogP contribution in [-0.4, -0.2) is 36.0 Å². The number of hydrogen-bond donors (Lipinski definition) is 1. The third-order valence-corrected chi connectivity index (χ3v) is 4.27. The van der Waals surface area contributed by atoms with Crippen LogP contribution < -0.4 is 5.32 Å². The smallest absolute Gasteiger partial charge is 0.223 e. The van der Waals surface area contributed by atoms with Gasteiger partial charge in [-0.05, 0) is 32.6 Å². The normalized spacial score (nSPS) is 31.5. The first kappa shape index (κ1) is 12.9. The molecule has 2 rings (SSSR count). The van der Waals surface area contributed by atoms with Crippen molar-refractivity contribution in [2.24, 2.45) is 5.92 Å². The summed E-state index contributed by atoms with van der Waals surface area (Å²) in [6.07, 6.45) is 7.34. The highest BCUT2D eigenvalue weighted by molar-refractivity contribution is 5.77. The molecular weight excluding hydrogens is 212 g/mol. The van der Waals surface area contributed by atoms with Gasteiger partial charge < -0.3 is 10.2 Å². The van der Waals surface area contributed by atoms with Crippen LogP contribution in [0.2, 0.25) is 0 Å². The Morgan fingerprint density at radius 2 is 1.94 bits per heavy atom. The number of carbonyl (C=O) groups excluding carboxylic acids is 1. The highest BCUT2D eigenvalue weighted by Crippen LogP contribution is 2.27. The summed E-state index contributed by atoms with van der Waals surface area (Å²) in [6, 6.07) is 0.809. The van der Waals surface area contributed by atoms with Gasteiger partial charge in [0.25, 0.3) is 0 Å². The molecular formula is C14H26N2O. The molecule has 0 spiro atoms. The SMILES string of the molecule is CC1CN(C(=O)CC2CCCCC2)C(C)CN1. The molecule has 2 atom stereocenters. The van der Waals surface area contributed by atoms with Gasteiger partial charge in [0, 0.05) is 31.6 Å². The summed E-state index contributed by atoms with van der Waals surface area (Å²) in [6.45, 7) is 6.13. The van der Waals surface area contributed by atoms with Crippen LogP contribution in [0.4, 0.5) is 0 Å². The van der Waals surface area contributed by atoms with Gasteiger partial charge in [-0.2, -0.15) is 0 Å². The summed E-state index contributed by atoms with van der Waals surface area (Å²) in [5.41, 5.74) is 0. The van der Waals surface area contributed by atoms with Gasteiger partial charge in [-0.3, -0.25) is 4.79 Å². The van der Waals surface area contributed by atoms with E-state index in [1.807, 2.05) is 0 Å². The van der Waals surface area contributed by atoms with E-state index in [9.17, 15) is 4.79 Å². The highest BCUT2D eigenvalue weighted by atomic mass is 16.2. The van der Waals surface area contributed by atoms with Crippen molar-refractivity contribution in [3.05, 3.63) is 0 Å². The minimum Gasteiger partial charge on any atom is -0.337 e. The molecule has 17 heavy (non-hydrogen) atoms. The maximum absolute atomic E-state index is 12.3. The Labute approximate surface area is 105 Å². The molecule has 0 aromatic carbocycles. The molecule has 0 bridgehead atoms. The maximum atomic E-state index is 12.3. The maximum Gasteiger partial charge on any atom is 0.223 e. The van der Waals surface area contributed by atoms with Crippen molar-refractivity contribution in [2.45, 2.75) is 64.5 Å². The van der Waals surface area contributed by atoms with Crippen molar-refractivity contribution in [2.75, 3.05) is 13.1 Å². The molecule has 1 aliphatic heterocycles. The molecule has 0 radical (unpaired) electrons. The number of piperazine rings is 1. The Hall–Kier alpha value is -0.570. The van der Waals surface area contributed by atoms with Crippen LogP contribution in [0.25, 0.3) is 0 Å². The average Bonchev–Trinajstić information content (AvgIpc) is 2.33. The molecule has 98 valence electrons. The number of rotatable bonds is 2. The topological polar surface area (TPSA) is 32.3 Å². The number of carbonyl (C=O) groups is 1. The molecule has 3 nitrogen and oxygen atoms in total. The average molecular weight is 238 g/mol. The van der Waals surface area contributed by atoms with Gasteiger partial charge in [-0.1, -0.05) is 19.3 Å². The van der Waals surface area contributed by atoms with E-state index in [-0.39, 0.29) is 0 Å². The van der Waals surface area contributed by atoms with E-state index < -0.39 is 0 Å². The molecule has 1 N–H and O–H groups in total. The second-order valence-electron chi connectivity index (χ2n) is 5.91. The fourth-order valence-corrected chi connectivity index (χ4v) is 3.12. The Morgan fingerprint density at radius 3 is 2.65 bits per heavy atom. The van der Waals surface area contributed by atoms with Gasteiger partial charge in [-0.15, -0.1) is 0 Å². The summed E-state index contributed by atoms with van der Waals surface area (Å²) >= 11 is 0. The van der Waals surface area contributed by atoms with Crippen molar-refractivity contribution >= 4 is 5.91 Å². The van der Waals surface area contributed by atoms with Gasteiger partial charge in [0.15, 0.2) is 0 Å². The molecule has 1 saturated carbocycles. The number of nitrogens with zero attached hydrogens (tertiary/aromatic N) is 1. The van der Waals surface area contributed by atoms with Crippen LogP contribution in [0.5, 0.6) is 0 Å². The minimum absolute atomic E-state index is 0.363. The second kappa shape index (κ2) is 5.85. The lowest BCUT2D eigenvalue weighted by atomic mass is 9.86. The molecule has 0 aromatic heterocycles. The molecule has 3 heteroatoms. The van der Waals surface area contributed by atoms with Gasteiger partial charge >= 0.3 is 0 Å². The van der Waals surface area contributed by atoms with Gasteiger partial charge in [0.1, 0.15) is 0 Å². The van der Waals surface area contributed by atoms with Gasteiger partial charge in [0.05, 0.1) is 0 Å². The first-order valence-electron chi connectivity index (χ1n) is 7.19. The second-order valence-corrected chi connectivity index (χ2v) is 5.91. The standard InChI is InChI=1S/C14H26N2O/c1-11-10-16(12(2)9-15-11)14(17)8-13-6-4-3-5-7-13/h11-13,15H,3-10H2,1-2H3. The molecule has 1 amide bonds. The number of hydrogen-bond acceptors (Lipinski definition) is 2. The predicted octanol–water partition coefficient (Wildman–Crippen LogP) is 2.17. The van der Waals surface area contributed by atoms with Crippen molar-refractivity contribution < 1.29 is 4.79 Å². The number of amides is 1. The largest absolute Gasteiger partial charge is 0.337 e. The lowest BCUT2D eigenvalue weighted by molar-refractivity contribution is -0.135. The first-order valence-corrected chi connectivity index (χ1v) is 7.19. The summed E-state index contributed by atoms with van der Waals surface area (Å²) < 4.78 is 0. The van der Waals surface area contributed by atoms with Crippen molar-refractivity contribution in [3.8, 4) is 0 Å². The minimum atomic E-state index is 0.363.